The number of fused-ring (bicyclic) bond motifs is 1. The van der Waals surface area contributed by atoms with Crippen molar-refractivity contribution in [2.24, 2.45) is 7.05 Å². The summed E-state index contributed by atoms with van der Waals surface area (Å²) in [6.45, 7) is 2.51. The molecule has 5 nitrogen and oxygen atoms in total. The number of nitrogens with zero attached hydrogens (tertiary/aromatic N) is 2. The van der Waals surface area contributed by atoms with Gasteiger partial charge in [-0.1, -0.05) is 11.6 Å². The molecule has 0 fully saturated rings. The van der Waals surface area contributed by atoms with Gasteiger partial charge in [-0.05, 0) is 30.7 Å². The molecular formula is C16H17ClN4O. The van der Waals surface area contributed by atoms with E-state index in [4.69, 9.17) is 11.6 Å². The summed E-state index contributed by atoms with van der Waals surface area (Å²) in [5, 5.41) is 4.64. The molecule has 3 rings (SSSR count). The number of halogens is 1. The number of hydrogen-bond acceptors (Lipinski definition) is 2. The van der Waals surface area contributed by atoms with Crippen molar-refractivity contribution in [2.45, 2.75) is 13.3 Å². The summed E-state index contributed by atoms with van der Waals surface area (Å²) >= 11 is 6.05. The lowest BCUT2D eigenvalue weighted by Gasteiger charge is -2.07. The minimum Gasteiger partial charge on any atom is -0.350 e. The van der Waals surface area contributed by atoms with Crippen molar-refractivity contribution in [1.82, 2.24) is 19.9 Å². The summed E-state index contributed by atoms with van der Waals surface area (Å²) in [6, 6.07) is 5.67. The normalized spacial score (nSPS) is 11.0. The zero-order chi connectivity index (χ0) is 15.7. The number of carbonyl (C=O) groups excluding carboxylic acids is 1. The number of amides is 1. The van der Waals surface area contributed by atoms with Crippen LogP contribution >= 0.6 is 11.6 Å². The molecular weight excluding hydrogens is 300 g/mol. The Morgan fingerprint density at radius 1 is 1.45 bits per heavy atom. The van der Waals surface area contributed by atoms with Crippen LogP contribution in [-0.2, 0) is 13.5 Å². The summed E-state index contributed by atoms with van der Waals surface area (Å²) in [7, 11) is 1.90. The fraction of sp³-hybridized carbons (Fsp3) is 0.250. The van der Waals surface area contributed by atoms with E-state index in [0.29, 0.717) is 17.3 Å². The van der Waals surface area contributed by atoms with E-state index in [1.54, 1.807) is 12.5 Å². The third kappa shape index (κ3) is 2.60. The van der Waals surface area contributed by atoms with Gasteiger partial charge in [0.1, 0.15) is 5.69 Å². The smallest absolute Gasteiger partial charge is 0.268 e. The average Bonchev–Trinajstić information content (AvgIpc) is 3.07. The zero-order valence-corrected chi connectivity index (χ0v) is 13.2. The molecule has 0 radical (unpaired) electrons. The first-order valence-corrected chi connectivity index (χ1v) is 7.45. The number of rotatable bonds is 4. The highest BCUT2D eigenvalue weighted by Gasteiger charge is 2.18. The van der Waals surface area contributed by atoms with Crippen molar-refractivity contribution in [3.05, 3.63) is 52.7 Å². The van der Waals surface area contributed by atoms with Crippen LogP contribution in [0.1, 0.15) is 21.7 Å². The van der Waals surface area contributed by atoms with Crippen LogP contribution in [0.5, 0.6) is 0 Å². The van der Waals surface area contributed by atoms with Crippen molar-refractivity contribution in [3.8, 4) is 0 Å². The standard InChI is InChI=1S/C16H17ClN4O/c1-10-13-7-11(17)3-4-14(13)21(2)15(10)16(22)19-6-5-12-8-18-9-20-12/h3-4,7-9H,5-6H2,1-2H3,(H,18,20)(H,19,22). The quantitative estimate of drug-likeness (QED) is 0.777. The van der Waals surface area contributed by atoms with Gasteiger partial charge < -0.3 is 14.9 Å². The topological polar surface area (TPSA) is 62.7 Å². The average molecular weight is 317 g/mol. The van der Waals surface area contributed by atoms with Gasteiger partial charge in [-0.15, -0.1) is 0 Å². The van der Waals surface area contributed by atoms with Crippen LogP contribution in [-0.4, -0.2) is 27.0 Å². The zero-order valence-electron chi connectivity index (χ0n) is 12.5. The number of H-pyrrole nitrogens is 1. The molecule has 0 unspecified atom stereocenters. The maximum absolute atomic E-state index is 12.5. The number of aromatic amines is 1. The summed E-state index contributed by atoms with van der Waals surface area (Å²) in [5.41, 5.74) is 3.61. The molecule has 0 aliphatic rings. The Balaban J connectivity index is 1.81. The van der Waals surface area contributed by atoms with Gasteiger partial charge in [-0.25, -0.2) is 4.98 Å². The molecule has 0 aliphatic heterocycles. The summed E-state index contributed by atoms with van der Waals surface area (Å²) in [5.74, 6) is -0.0770. The van der Waals surface area contributed by atoms with Crippen molar-refractivity contribution < 1.29 is 4.79 Å². The monoisotopic (exact) mass is 316 g/mol. The first kappa shape index (κ1) is 14.7. The van der Waals surface area contributed by atoms with E-state index >= 15 is 0 Å². The van der Waals surface area contributed by atoms with Crippen LogP contribution in [0.25, 0.3) is 10.9 Å². The predicted molar refractivity (Wildman–Crippen MR) is 87.3 cm³/mol. The fourth-order valence-electron chi connectivity index (χ4n) is 2.74. The third-order valence-electron chi connectivity index (χ3n) is 3.86. The van der Waals surface area contributed by atoms with E-state index in [1.165, 1.54) is 0 Å². The first-order chi connectivity index (χ1) is 10.6. The van der Waals surface area contributed by atoms with Gasteiger partial charge in [0.25, 0.3) is 5.91 Å². The minimum absolute atomic E-state index is 0.0770. The maximum Gasteiger partial charge on any atom is 0.268 e. The molecule has 0 bridgehead atoms. The Labute approximate surface area is 133 Å². The first-order valence-electron chi connectivity index (χ1n) is 7.08. The molecule has 114 valence electrons. The minimum atomic E-state index is -0.0770. The fourth-order valence-corrected chi connectivity index (χ4v) is 2.91. The Morgan fingerprint density at radius 2 is 2.27 bits per heavy atom. The molecule has 0 spiro atoms. The van der Waals surface area contributed by atoms with Gasteiger partial charge in [0.15, 0.2) is 0 Å². The van der Waals surface area contributed by atoms with Crippen LogP contribution in [0.2, 0.25) is 5.02 Å². The van der Waals surface area contributed by atoms with E-state index < -0.39 is 0 Å². The van der Waals surface area contributed by atoms with Crippen molar-refractivity contribution in [1.29, 1.82) is 0 Å². The van der Waals surface area contributed by atoms with E-state index in [9.17, 15) is 4.79 Å². The van der Waals surface area contributed by atoms with Crippen LogP contribution < -0.4 is 5.32 Å². The van der Waals surface area contributed by atoms with Crippen molar-refractivity contribution in [2.75, 3.05) is 6.54 Å². The second-order valence-electron chi connectivity index (χ2n) is 5.28. The molecule has 22 heavy (non-hydrogen) atoms. The molecule has 0 saturated carbocycles. The SMILES string of the molecule is Cc1c(C(=O)NCCc2cnc[nH]2)n(C)c2ccc(Cl)cc12. The summed E-state index contributed by atoms with van der Waals surface area (Å²) < 4.78 is 1.91. The largest absolute Gasteiger partial charge is 0.350 e. The lowest BCUT2D eigenvalue weighted by molar-refractivity contribution is 0.0945. The van der Waals surface area contributed by atoms with Crippen LogP contribution in [0, 0.1) is 6.92 Å². The number of nitrogens with one attached hydrogen (secondary N) is 2. The van der Waals surface area contributed by atoms with Crippen LogP contribution in [0.4, 0.5) is 0 Å². The van der Waals surface area contributed by atoms with E-state index in [2.05, 4.69) is 15.3 Å². The maximum atomic E-state index is 12.5. The highest BCUT2D eigenvalue weighted by Crippen LogP contribution is 2.27. The van der Waals surface area contributed by atoms with Gasteiger partial charge in [0, 0.05) is 47.8 Å². The summed E-state index contributed by atoms with van der Waals surface area (Å²) in [4.78, 5) is 19.5. The molecule has 3 aromatic rings. The molecule has 1 aromatic carbocycles. The highest BCUT2D eigenvalue weighted by molar-refractivity contribution is 6.31. The van der Waals surface area contributed by atoms with E-state index in [0.717, 1.165) is 28.6 Å². The van der Waals surface area contributed by atoms with Gasteiger partial charge >= 0.3 is 0 Å². The lowest BCUT2D eigenvalue weighted by atomic mass is 10.1. The lowest BCUT2D eigenvalue weighted by Crippen LogP contribution is -2.28. The molecule has 2 heterocycles. The molecule has 1 amide bonds. The van der Waals surface area contributed by atoms with Crippen molar-refractivity contribution >= 4 is 28.4 Å². The molecule has 0 aliphatic carbocycles. The van der Waals surface area contributed by atoms with Crippen LogP contribution in [0.15, 0.2) is 30.7 Å². The number of hydrogen-bond donors (Lipinski definition) is 2. The Hall–Kier alpha value is -2.27. The van der Waals surface area contributed by atoms with Gasteiger partial charge in [-0.2, -0.15) is 0 Å². The third-order valence-corrected chi connectivity index (χ3v) is 4.10. The highest BCUT2D eigenvalue weighted by atomic mass is 35.5. The molecule has 6 heteroatoms. The van der Waals surface area contributed by atoms with Gasteiger partial charge in [0.05, 0.1) is 6.33 Å². The Morgan fingerprint density at radius 3 is 3.00 bits per heavy atom. The number of benzene rings is 1. The second-order valence-corrected chi connectivity index (χ2v) is 5.71. The Bertz CT molecular complexity index is 820. The number of aryl methyl sites for hydroxylation is 2. The van der Waals surface area contributed by atoms with E-state index in [-0.39, 0.29) is 5.91 Å². The predicted octanol–water partition coefficient (Wildman–Crippen LogP) is 2.84. The van der Waals surface area contributed by atoms with E-state index in [1.807, 2.05) is 36.7 Å². The Kier molecular flexibility index (Phi) is 3.90. The van der Waals surface area contributed by atoms with Crippen LogP contribution in [0.3, 0.4) is 0 Å². The second kappa shape index (κ2) is 5.85. The molecule has 2 aromatic heterocycles. The molecule has 0 saturated heterocycles. The molecule has 0 atom stereocenters. The van der Waals surface area contributed by atoms with Gasteiger partial charge in [0.2, 0.25) is 0 Å². The van der Waals surface area contributed by atoms with Crippen molar-refractivity contribution in [3.63, 3.8) is 0 Å². The number of imidazole rings is 1. The number of carbonyl (C=O) groups is 1. The number of aromatic nitrogens is 3. The summed E-state index contributed by atoms with van der Waals surface area (Å²) in [6.07, 6.45) is 4.12. The molecule has 2 N–H and O–H groups in total. The van der Waals surface area contributed by atoms with Gasteiger partial charge in [-0.3, -0.25) is 4.79 Å².